The molecule has 0 aliphatic carbocycles. The summed E-state index contributed by atoms with van der Waals surface area (Å²) in [4.78, 5) is 12.9. The van der Waals surface area contributed by atoms with Gasteiger partial charge < -0.3 is 9.88 Å². The van der Waals surface area contributed by atoms with E-state index in [2.05, 4.69) is 20.3 Å². The Morgan fingerprint density at radius 1 is 1.00 bits per heavy atom. The van der Waals surface area contributed by atoms with E-state index in [9.17, 15) is 17.7 Å². The first kappa shape index (κ1) is 25.1. The highest BCUT2D eigenvalue weighted by atomic mass is 35.5. The van der Waals surface area contributed by atoms with Crippen LogP contribution in [0.5, 0.6) is 0 Å². The molecule has 0 bridgehead atoms. The van der Waals surface area contributed by atoms with Gasteiger partial charge in [0.05, 0.1) is 33.4 Å². The minimum absolute atomic E-state index is 0.0463. The number of aryl methyl sites for hydroxylation is 1. The normalized spacial score (nSPS) is 12.7. The summed E-state index contributed by atoms with van der Waals surface area (Å²) in [6, 6.07) is 5.41. The van der Waals surface area contributed by atoms with Crippen molar-refractivity contribution in [1.82, 2.24) is 15.0 Å². The molecule has 0 fully saturated rings. The molecule has 1 atom stereocenters. The zero-order valence-electron chi connectivity index (χ0n) is 19.1. The molecule has 1 aromatic carbocycles. The van der Waals surface area contributed by atoms with Gasteiger partial charge in [0.15, 0.2) is 23.3 Å². The maximum atomic E-state index is 15.0. The van der Waals surface area contributed by atoms with Crippen molar-refractivity contribution in [2.24, 2.45) is 0 Å². The number of halogens is 5. The molecular formula is C24H20ClF4N4OP. The number of aromatic nitrogens is 3. The first-order valence-electron chi connectivity index (χ1n) is 10.5. The number of nitrogens with zero attached hydrogens (tertiary/aromatic N) is 3. The van der Waals surface area contributed by atoms with Crippen LogP contribution in [-0.2, 0) is 4.57 Å². The fourth-order valence-corrected chi connectivity index (χ4v) is 4.57. The second-order valence-electron chi connectivity index (χ2n) is 8.46. The number of rotatable bonds is 5. The van der Waals surface area contributed by atoms with Gasteiger partial charge in [0, 0.05) is 23.4 Å². The van der Waals surface area contributed by atoms with Crippen molar-refractivity contribution >= 4 is 40.9 Å². The summed E-state index contributed by atoms with van der Waals surface area (Å²) in [5.41, 5.74) is 1.52. The SMILES string of the molecule is Cc1nc2cc(F)c(-c3ccc(P(C)(C)=O)nc3)nc2c(NC(C)c2ccc(F)c(F)c2F)c1Cl. The van der Waals surface area contributed by atoms with Crippen molar-refractivity contribution in [3.8, 4) is 11.3 Å². The lowest BCUT2D eigenvalue weighted by Crippen LogP contribution is -2.12. The molecule has 0 saturated heterocycles. The number of hydrogen-bond acceptors (Lipinski definition) is 5. The second-order valence-corrected chi connectivity index (χ2v) is 12.0. The first-order chi connectivity index (χ1) is 16.4. The molecule has 11 heteroatoms. The van der Waals surface area contributed by atoms with Gasteiger partial charge in [0.1, 0.15) is 18.4 Å². The summed E-state index contributed by atoms with van der Waals surface area (Å²) < 4.78 is 68.8. The van der Waals surface area contributed by atoms with E-state index in [1.165, 1.54) is 19.2 Å². The third kappa shape index (κ3) is 4.75. The highest BCUT2D eigenvalue weighted by molar-refractivity contribution is 7.69. The van der Waals surface area contributed by atoms with Crippen LogP contribution in [0.15, 0.2) is 36.5 Å². The van der Waals surface area contributed by atoms with Crippen LogP contribution in [0.3, 0.4) is 0 Å². The highest BCUT2D eigenvalue weighted by Crippen LogP contribution is 2.37. The van der Waals surface area contributed by atoms with Crippen LogP contribution in [0, 0.1) is 30.2 Å². The van der Waals surface area contributed by atoms with Gasteiger partial charge in [-0.1, -0.05) is 17.7 Å². The lowest BCUT2D eigenvalue weighted by molar-refractivity contribution is 0.438. The molecule has 35 heavy (non-hydrogen) atoms. The Bertz CT molecular complexity index is 1510. The van der Waals surface area contributed by atoms with E-state index in [0.717, 1.165) is 12.1 Å². The van der Waals surface area contributed by atoms with E-state index in [1.54, 1.807) is 32.4 Å². The van der Waals surface area contributed by atoms with Gasteiger partial charge in [-0.15, -0.1) is 0 Å². The molecule has 3 aromatic heterocycles. The van der Waals surface area contributed by atoms with Crippen LogP contribution in [0.1, 0.15) is 24.2 Å². The molecule has 0 radical (unpaired) electrons. The van der Waals surface area contributed by atoms with Gasteiger partial charge in [0.2, 0.25) is 0 Å². The van der Waals surface area contributed by atoms with Gasteiger partial charge in [-0.3, -0.25) is 4.98 Å². The molecule has 0 aliphatic rings. The lowest BCUT2D eigenvalue weighted by Gasteiger charge is -2.20. The summed E-state index contributed by atoms with van der Waals surface area (Å²) in [5, 5.41) is 3.14. The first-order valence-corrected chi connectivity index (χ1v) is 13.4. The molecule has 0 spiro atoms. The zero-order valence-corrected chi connectivity index (χ0v) is 20.8. The van der Waals surface area contributed by atoms with E-state index < -0.39 is 36.5 Å². The summed E-state index contributed by atoms with van der Waals surface area (Å²) >= 11 is 6.48. The van der Waals surface area contributed by atoms with Crippen molar-refractivity contribution in [3.05, 3.63) is 76.1 Å². The maximum Gasteiger partial charge on any atom is 0.194 e. The Morgan fingerprint density at radius 3 is 2.34 bits per heavy atom. The molecule has 0 saturated carbocycles. The minimum Gasteiger partial charge on any atom is -0.375 e. The van der Waals surface area contributed by atoms with Crippen LogP contribution in [0.4, 0.5) is 23.2 Å². The number of pyridine rings is 3. The molecule has 1 N–H and O–H groups in total. The fourth-order valence-electron chi connectivity index (χ4n) is 3.61. The monoisotopic (exact) mass is 522 g/mol. The average molecular weight is 523 g/mol. The summed E-state index contributed by atoms with van der Waals surface area (Å²) in [5.74, 6) is -4.87. The van der Waals surface area contributed by atoms with Crippen LogP contribution < -0.4 is 10.8 Å². The quantitative estimate of drug-likeness (QED) is 0.181. The summed E-state index contributed by atoms with van der Waals surface area (Å²) in [6.45, 7) is 6.30. The molecule has 0 amide bonds. The smallest absolute Gasteiger partial charge is 0.194 e. The Kier molecular flexibility index (Phi) is 6.60. The topological polar surface area (TPSA) is 67.8 Å². The van der Waals surface area contributed by atoms with Gasteiger partial charge in [0.25, 0.3) is 0 Å². The largest absolute Gasteiger partial charge is 0.375 e. The number of anilines is 1. The summed E-state index contributed by atoms with van der Waals surface area (Å²) in [6.07, 6.45) is 1.38. The van der Waals surface area contributed by atoms with Crippen molar-refractivity contribution in [2.75, 3.05) is 18.6 Å². The number of fused-ring (bicyclic) bond motifs is 1. The van der Waals surface area contributed by atoms with Gasteiger partial charge >= 0.3 is 0 Å². The van der Waals surface area contributed by atoms with E-state index in [0.29, 0.717) is 16.7 Å². The van der Waals surface area contributed by atoms with Crippen LogP contribution in [-0.4, -0.2) is 28.3 Å². The van der Waals surface area contributed by atoms with Crippen molar-refractivity contribution in [2.45, 2.75) is 19.9 Å². The Morgan fingerprint density at radius 2 is 1.71 bits per heavy atom. The molecule has 3 heterocycles. The molecule has 0 aliphatic heterocycles. The lowest BCUT2D eigenvalue weighted by atomic mass is 10.1. The molecule has 182 valence electrons. The third-order valence-electron chi connectivity index (χ3n) is 5.48. The predicted octanol–water partition coefficient (Wildman–Crippen LogP) is 6.63. The van der Waals surface area contributed by atoms with Gasteiger partial charge in [-0.25, -0.2) is 27.5 Å². The van der Waals surface area contributed by atoms with Crippen molar-refractivity contribution in [1.29, 1.82) is 0 Å². The predicted molar refractivity (Wildman–Crippen MR) is 130 cm³/mol. The van der Waals surface area contributed by atoms with Crippen LogP contribution >= 0.6 is 18.7 Å². The second kappa shape index (κ2) is 9.21. The highest BCUT2D eigenvalue weighted by Gasteiger charge is 2.22. The Hall–Kier alpha value is -3.03. The van der Waals surface area contributed by atoms with Crippen LogP contribution in [0.25, 0.3) is 22.3 Å². The minimum atomic E-state index is -2.60. The Balaban J connectivity index is 1.84. The number of nitrogens with one attached hydrogen (secondary N) is 1. The standard InChI is InChI=1S/C24H20ClF4N4OP/c1-11(14-6-7-15(26)21(29)20(14)28)32-24-19(25)12(2)31-17-9-16(27)22(33-23(17)24)13-5-8-18(30-10-13)35(3,4)34/h5-11H,1-4H3,(H,31,32). The molecule has 5 nitrogen and oxygen atoms in total. The van der Waals surface area contributed by atoms with Crippen LogP contribution in [0.2, 0.25) is 5.02 Å². The Labute approximate surface area is 204 Å². The average Bonchev–Trinajstić information content (AvgIpc) is 2.79. The number of benzene rings is 1. The van der Waals surface area contributed by atoms with Crippen molar-refractivity contribution in [3.63, 3.8) is 0 Å². The fraction of sp³-hybridized carbons (Fsp3) is 0.208. The maximum absolute atomic E-state index is 15.0. The number of hydrogen-bond donors (Lipinski definition) is 1. The molecular weight excluding hydrogens is 503 g/mol. The molecule has 1 unspecified atom stereocenters. The van der Waals surface area contributed by atoms with E-state index in [1.807, 2.05) is 0 Å². The van der Waals surface area contributed by atoms with Crippen molar-refractivity contribution < 1.29 is 22.1 Å². The molecule has 4 aromatic rings. The molecule has 4 rings (SSSR count). The third-order valence-corrected chi connectivity index (χ3v) is 7.31. The summed E-state index contributed by atoms with van der Waals surface area (Å²) in [7, 11) is -2.60. The van der Waals surface area contributed by atoms with Gasteiger partial charge in [-0.05, 0) is 45.4 Å². The zero-order chi connectivity index (χ0) is 25.7. The van der Waals surface area contributed by atoms with E-state index >= 15 is 4.39 Å². The van der Waals surface area contributed by atoms with Gasteiger partial charge in [-0.2, -0.15) is 0 Å². The van der Waals surface area contributed by atoms with E-state index in [-0.39, 0.29) is 33.0 Å². The van der Waals surface area contributed by atoms with E-state index in [4.69, 9.17) is 11.6 Å².